The van der Waals surface area contributed by atoms with E-state index in [1.165, 1.54) is 0 Å². The zero-order valence-corrected chi connectivity index (χ0v) is 12.1. The van der Waals surface area contributed by atoms with Crippen molar-refractivity contribution >= 4 is 5.91 Å². The molecule has 1 unspecified atom stereocenters. The fourth-order valence-corrected chi connectivity index (χ4v) is 2.59. The van der Waals surface area contributed by atoms with Gasteiger partial charge in [-0.1, -0.05) is 20.8 Å². The molecule has 1 aliphatic rings. The van der Waals surface area contributed by atoms with Crippen molar-refractivity contribution in [2.75, 3.05) is 26.2 Å². The first-order valence-electron chi connectivity index (χ1n) is 7.29. The Morgan fingerprint density at radius 2 is 2.00 bits per heavy atom. The molecule has 1 amide bonds. The number of rotatable bonds is 6. The molecule has 1 atom stereocenters. The Morgan fingerprint density at radius 3 is 2.44 bits per heavy atom. The maximum atomic E-state index is 12.1. The molecule has 1 saturated heterocycles. The lowest BCUT2D eigenvalue weighted by Gasteiger charge is -2.32. The lowest BCUT2D eigenvalue weighted by molar-refractivity contribution is -0.126. The van der Waals surface area contributed by atoms with Crippen LogP contribution < -0.4 is 11.1 Å². The molecule has 18 heavy (non-hydrogen) atoms. The average Bonchev–Trinajstić information content (AvgIpc) is 2.36. The van der Waals surface area contributed by atoms with Crippen LogP contribution in [0.15, 0.2) is 0 Å². The molecule has 4 nitrogen and oxygen atoms in total. The van der Waals surface area contributed by atoms with Gasteiger partial charge in [-0.2, -0.15) is 0 Å². The molecule has 0 aliphatic carbocycles. The summed E-state index contributed by atoms with van der Waals surface area (Å²) in [6.45, 7) is 10.2. The minimum atomic E-state index is -0.0193. The van der Waals surface area contributed by atoms with Crippen LogP contribution in [0.3, 0.4) is 0 Å². The monoisotopic (exact) mass is 255 g/mol. The van der Waals surface area contributed by atoms with Crippen molar-refractivity contribution < 1.29 is 4.79 Å². The van der Waals surface area contributed by atoms with Gasteiger partial charge in [0.1, 0.15) is 0 Å². The van der Waals surface area contributed by atoms with Crippen LogP contribution >= 0.6 is 0 Å². The van der Waals surface area contributed by atoms with Gasteiger partial charge in [0.15, 0.2) is 0 Å². The lowest BCUT2D eigenvalue weighted by Crippen LogP contribution is -2.47. The lowest BCUT2D eigenvalue weighted by atomic mass is 9.95. The van der Waals surface area contributed by atoms with E-state index in [0.717, 1.165) is 38.9 Å². The normalized spacial score (nSPS) is 20.1. The summed E-state index contributed by atoms with van der Waals surface area (Å²) in [5.41, 5.74) is 5.70. The van der Waals surface area contributed by atoms with E-state index in [0.29, 0.717) is 18.5 Å². The maximum Gasteiger partial charge on any atom is 0.224 e. The van der Waals surface area contributed by atoms with Crippen LogP contribution in [0.4, 0.5) is 0 Å². The Hall–Kier alpha value is -0.610. The molecule has 106 valence electrons. The van der Waals surface area contributed by atoms with E-state index in [9.17, 15) is 4.79 Å². The van der Waals surface area contributed by atoms with Gasteiger partial charge in [-0.3, -0.25) is 4.79 Å². The molecule has 0 saturated carbocycles. The third kappa shape index (κ3) is 4.94. The van der Waals surface area contributed by atoms with Crippen LogP contribution in [-0.2, 0) is 4.79 Å². The molecule has 0 bridgehead atoms. The van der Waals surface area contributed by atoms with Crippen LogP contribution in [0.5, 0.6) is 0 Å². The van der Waals surface area contributed by atoms with Crippen molar-refractivity contribution in [3.63, 3.8) is 0 Å². The summed E-state index contributed by atoms with van der Waals surface area (Å²) in [6, 6.07) is 0.349. The van der Waals surface area contributed by atoms with E-state index in [1.807, 2.05) is 0 Å². The number of nitrogens with one attached hydrogen (secondary N) is 1. The summed E-state index contributed by atoms with van der Waals surface area (Å²) >= 11 is 0. The number of nitrogens with zero attached hydrogens (tertiary/aromatic N) is 1. The van der Waals surface area contributed by atoms with Crippen LogP contribution in [0.2, 0.25) is 0 Å². The van der Waals surface area contributed by atoms with Gasteiger partial charge in [0.25, 0.3) is 0 Å². The number of hydrogen-bond acceptors (Lipinski definition) is 3. The number of carbonyl (C=O) groups excluding carboxylic acids is 1. The minimum Gasteiger partial charge on any atom is -0.353 e. The molecule has 3 N–H and O–H groups in total. The second-order valence-corrected chi connectivity index (χ2v) is 5.78. The zero-order valence-electron chi connectivity index (χ0n) is 12.1. The largest absolute Gasteiger partial charge is 0.353 e. The molecular weight excluding hydrogens is 226 g/mol. The van der Waals surface area contributed by atoms with E-state index in [4.69, 9.17) is 5.73 Å². The fraction of sp³-hybridized carbons (Fsp3) is 0.929. The molecular formula is C14H29N3O. The van der Waals surface area contributed by atoms with Crippen molar-refractivity contribution in [3.8, 4) is 0 Å². The minimum absolute atomic E-state index is 0.0193. The predicted molar refractivity (Wildman–Crippen MR) is 75.3 cm³/mol. The smallest absolute Gasteiger partial charge is 0.224 e. The van der Waals surface area contributed by atoms with E-state index in [-0.39, 0.29) is 11.8 Å². The molecule has 1 aliphatic heterocycles. The van der Waals surface area contributed by atoms with Crippen LogP contribution in [0.1, 0.15) is 40.0 Å². The average molecular weight is 255 g/mol. The standard InChI is InChI=1S/C14H29N3O/c1-4-17-7-5-13(6-8-17)16-14(18)12(10-15)9-11(2)3/h11-13H,4-10,15H2,1-3H3,(H,16,18). The summed E-state index contributed by atoms with van der Waals surface area (Å²) < 4.78 is 0. The summed E-state index contributed by atoms with van der Waals surface area (Å²) in [6.07, 6.45) is 3.02. The fourth-order valence-electron chi connectivity index (χ4n) is 2.59. The van der Waals surface area contributed by atoms with E-state index < -0.39 is 0 Å². The van der Waals surface area contributed by atoms with Crippen LogP contribution in [0.25, 0.3) is 0 Å². The van der Waals surface area contributed by atoms with Gasteiger partial charge in [-0.15, -0.1) is 0 Å². The van der Waals surface area contributed by atoms with Gasteiger partial charge < -0.3 is 16.0 Å². The predicted octanol–water partition coefficient (Wildman–Crippen LogP) is 1.21. The first-order valence-corrected chi connectivity index (χ1v) is 7.29. The highest BCUT2D eigenvalue weighted by molar-refractivity contribution is 5.79. The summed E-state index contributed by atoms with van der Waals surface area (Å²) in [5, 5.41) is 3.17. The maximum absolute atomic E-state index is 12.1. The molecule has 1 rings (SSSR count). The molecule has 1 heterocycles. The van der Waals surface area contributed by atoms with Gasteiger partial charge in [-0.05, 0) is 31.7 Å². The number of nitrogens with two attached hydrogens (primary N) is 1. The summed E-state index contributed by atoms with van der Waals surface area (Å²) in [4.78, 5) is 14.6. The van der Waals surface area contributed by atoms with Crippen LogP contribution in [0, 0.1) is 11.8 Å². The van der Waals surface area contributed by atoms with Crippen LogP contribution in [-0.4, -0.2) is 43.0 Å². The zero-order chi connectivity index (χ0) is 13.5. The quantitative estimate of drug-likeness (QED) is 0.750. The molecule has 4 heteroatoms. The second kappa shape index (κ2) is 7.74. The number of hydrogen-bond donors (Lipinski definition) is 2. The van der Waals surface area contributed by atoms with Crippen molar-refractivity contribution in [2.45, 2.75) is 46.1 Å². The first-order chi connectivity index (χ1) is 8.56. The highest BCUT2D eigenvalue weighted by Crippen LogP contribution is 2.14. The van der Waals surface area contributed by atoms with Crippen molar-refractivity contribution in [3.05, 3.63) is 0 Å². The molecule has 0 aromatic heterocycles. The number of likely N-dealkylation sites (tertiary alicyclic amines) is 1. The van der Waals surface area contributed by atoms with Gasteiger partial charge in [0.05, 0.1) is 5.92 Å². The Bertz CT molecular complexity index is 247. The molecule has 0 aromatic carbocycles. The molecule has 0 radical (unpaired) electrons. The third-order valence-electron chi connectivity index (χ3n) is 3.79. The topological polar surface area (TPSA) is 58.4 Å². The number of amides is 1. The Morgan fingerprint density at radius 1 is 1.39 bits per heavy atom. The second-order valence-electron chi connectivity index (χ2n) is 5.78. The van der Waals surface area contributed by atoms with Gasteiger partial charge in [0, 0.05) is 25.7 Å². The molecule has 0 aromatic rings. The van der Waals surface area contributed by atoms with E-state index >= 15 is 0 Å². The van der Waals surface area contributed by atoms with E-state index in [1.54, 1.807) is 0 Å². The molecule has 0 spiro atoms. The Labute approximate surface area is 111 Å². The highest BCUT2D eigenvalue weighted by Gasteiger charge is 2.23. The van der Waals surface area contributed by atoms with Crippen molar-refractivity contribution in [2.24, 2.45) is 17.6 Å². The van der Waals surface area contributed by atoms with Gasteiger partial charge in [-0.25, -0.2) is 0 Å². The van der Waals surface area contributed by atoms with Crippen molar-refractivity contribution in [1.29, 1.82) is 0 Å². The Balaban J connectivity index is 2.35. The highest BCUT2D eigenvalue weighted by atomic mass is 16.1. The SMILES string of the molecule is CCN1CCC(NC(=O)C(CN)CC(C)C)CC1. The van der Waals surface area contributed by atoms with E-state index in [2.05, 4.69) is 31.0 Å². The number of carbonyl (C=O) groups is 1. The number of piperidine rings is 1. The van der Waals surface area contributed by atoms with Crippen molar-refractivity contribution in [1.82, 2.24) is 10.2 Å². The van der Waals surface area contributed by atoms with Gasteiger partial charge >= 0.3 is 0 Å². The third-order valence-corrected chi connectivity index (χ3v) is 3.79. The first kappa shape index (κ1) is 15.4. The van der Waals surface area contributed by atoms with Gasteiger partial charge in [0.2, 0.25) is 5.91 Å². The Kier molecular flexibility index (Phi) is 6.65. The summed E-state index contributed by atoms with van der Waals surface area (Å²) in [7, 11) is 0. The summed E-state index contributed by atoms with van der Waals surface area (Å²) in [5.74, 6) is 0.654. The molecule has 1 fully saturated rings.